The molecular weight excluding hydrogens is 460 g/mol. The molecule has 0 aromatic rings. The third-order valence-electron chi connectivity index (χ3n) is 3.64. The molecule has 30 heavy (non-hydrogen) atoms. The van der Waals surface area contributed by atoms with Crippen molar-refractivity contribution in [1.82, 2.24) is 5.32 Å². The third kappa shape index (κ3) is 18.2. The van der Waals surface area contributed by atoms with Gasteiger partial charge in [-0.05, 0) is 38.2 Å². The van der Waals surface area contributed by atoms with Crippen LogP contribution in [-0.2, 0) is 48.9 Å². The van der Waals surface area contributed by atoms with Gasteiger partial charge in [-0.15, -0.1) is 4.67 Å². The summed E-state index contributed by atoms with van der Waals surface area (Å²) in [6.45, 7) is 0.0782. The van der Waals surface area contributed by atoms with Crippen LogP contribution in [-0.4, -0.2) is 90.7 Å². The summed E-state index contributed by atoms with van der Waals surface area (Å²) in [6.07, 6.45) is 2.87. The molecule has 0 amide bonds. The standard InChI is InChI=1S/C16H37NO10P2S/c1-17-7-5-4-6-16(14-18)15-25-28(19)24-12-10-22-8-9-23-11-13-26-29(30,21-3)27-20-2/h16-19H,4-15H2,1-3H3. The third-order valence-corrected chi connectivity index (χ3v) is 6.63. The quantitative estimate of drug-likeness (QED) is 0.0824. The minimum Gasteiger partial charge on any atom is -0.396 e. The van der Waals surface area contributed by atoms with Crippen molar-refractivity contribution in [3.63, 3.8) is 0 Å². The van der Waals surface area contributed by atoms with Gasteiger partial charge >= 0.3 is 15.3 Å². The lowest BCUT2D eigenvalue weighted by Gasteiger charge is -2.17. The highest BCUT2D eigenvalue weighted by Gasteiger charge is 2.19. The molecule has 3 unspecified atom stereocenters. The lowest BCUT2D eigenvalue weighted by Crippen LogP contribution is -2.15. The van der Waals surface area contributed by atoms with Crippen molar-refractivity contribution < 1.29 is 47.1 Å². The van der Waals surface area contributed by atoms with Gasteiger partial charge in [0.2, 0.25) is 0 Å². The van der Waals surface area contributed by atoms with Crippen molar-refractivity contribution in [3.05, 3.63) is 0 Å². The first-order chi connectivity index (χ1) is 14.5. The van der Waals surface area contributed by atoms with Crippen molar-refractivity contribution in [3.8, 4) is 0 Å². The van der Waals surface area contributed by atoms with Gasteiger partial charge in [-0.3, -0.25) is 0 Å². The van der Waals surface area contributed by atoms with E-state index in [1.165, 1.54) is 14.2 Å². The van der Waals surface area contributed by atoms with Crippen LogP contribution >= 0.6 is 15.3 Å². The molecule has 0 rings (SSSR count). The molecule has 11 nitrogen and oxygen atoms in total. The zero-order valence-corrected chi connectivity index (χ0v) is 20.6. The Bertz CT molecular complexity index is 427. The van der Waals surface area contributed by atoms with Crippen molar-refractivity contribution >= 4 is 27.1 Å². The SMILES string of the molecule is CNCCCCC(CO)COP(O)OCCOCCOCCOP(=S)(OC)OOC. The first kappa shape index (κ1) is 30.6. The smallest absolute Gasteiger partial charge is 0.355 e. The molecule has 0 aliphatic carbocycles. The van der Waals surface area contributed by atoms with Gasteiger partial charge in [-0.2, -0.15) is 0 Å². The lowest BCUT2D eigenvalue weighted by molar-refractivity contribution is -0.190. The zero-order chi connectivity index (χ0) is 22.5. The van der Waals surface area contributed by atoms with Crippen molar-refractivity contribution in [2.45, 2.75) is 19.3 Å². The largest absolute Gasteiger partial charge is 0.396 e. The van der Waals surface area contributed by atoms with Crippen molar-refractivity contribution in [2.75, 3.05) is 80.7 Å². The van der Waals surface area contributed by atoms with E-state index in [0.717, 1.165) is 25.8 Å². The monoisotopic (exact) mass is 497 g/mol. The van der Waals surface area contributed by atoms with Crippen LogP contribution < -0.4 is 5.32 Å². The molecule has 0 radical (unpaired) electrons. The van der Waals surface area contributed by atoms with Gasteiger partial charge in [0.15, 0.2) is 0 Å². The van der Waals surface area contributed by atoms with Gasteiger partial charge < -0.3 is 42.9 Å². The fraction of sp³-hybridized carbons (Fsp3) is 1.00. The summed E-state index contributed by atoms with van der Waals surface area (Å²) in [5.41, 5.74) is 0. The number of hydrogen-bond donors (Lipinski definition) is 3. The van der Waals surface area contributed by atoms with Crippen LogP contribution in [0, 0.1) is 5.92 Å². The highest BCUT2D eigenvalue weighted by Crippen LogP contribution is 2.48. The summed E-state index contributed by atoms with van der Waals surface area (Å²) in [5.74, 6) is -0.00194. The Balaban J connectivity index is 3.53. The highest BCUT2D eigenvalue weighted by molar-refractivity contribution is 8.07. The maximum absolute atomic E-state index is 9.73. The number of unbranched alkanes of at least 4 members (excludes halogenated alkanes) is 1. The average Bonchev–Trinajstić information content (AvgIpc) is 2.74. The molecule has 182 valence electrons. The van der Waals surface area contributed by atoms with E-state index in [1.807, 2.05) is 7.05 Å². The zero-order valence-electron chi connectivity index (χ0n) is 18.0. The second-order valence-corrected chi connectivity index (χ2v) is 9.94. The molecule has 0 aromatic carbocycles. The molecule has 0 saturated heterocycles. The Kier molecular flexibility index (Phi) is 21.9. The van der Waals surface area contributed by atoms with Crippen molar-refractivity contribution in [2.24, 2.45) is 5.92 Å². The van der Waals surface area contributed by atoms with Gasteiger partial charge in [0, 0.05) is 19.6 Å². The number of ether oxygens (including phenoxy) is 2. The van der Waals surface area contributed by atoms with Gasteiger partial charge in [0.1, 0.15) is 0 Å². The van der Waals surface area contributed by atoms with E-state index >= 15 is 0 Å². The summed E-state index contributed by atoms with van der Waals surface area (Å²) in [7, 11) is 2.64. The fourth-order valence-electron chi connectivity index (χ4n) is 2.07. The maximum atomic E-state index is 9.73. The molecule has 0 aliphatic rings. The van der Waals surface area contributed by atoms with Gasteiger partial charge in [0.05, 0.1) is 53.4 Å². The fourth-order valence-corrected chi connectivity index (χ4v) is 3.81. The van der Waals surface area contributed by atoms with E-state index in [1.54, 1.807) is 0 Å². The molecule has 0 heterocycles. The number of aliphatic hydroxyl groups is 1. The van der Waals surface area contributed by atoms with E-state index in [9.17, 15) is 10.00 Å². The first-order valence-corrected chi connectivity index (χ1v) is 13.4. The second kappa shape index (κ2) is 21.5. The minimum atomic E-state index is -2.87. The lowest BCUT2D eigenvalue weighted by atomic mass is 10.0. The van der Waals surface area contributed by atoms with Crippen LogP contribution in [0.3, 0.4) is 0 Å². The van der Waals surface area contributed by atoms with E-state index in [0.29, 0.717) is 26.4 Å². The molecule has 0 saturated carbocycles. The normalized spacial score (nSPS) is 15.8. The van der Waals surface area contributed by atoms with Crippen LogP contribution in [0.2, 0.25) is 0 Å². The molecule has 3 atom stereocenters. The number of hydrogen-bond acceptors (Lipinski definition) is 12. The average molecular weight is 497 g/mol. The van der Waals surface area contributed by atoms with Gasteiger partial charge in [-0.25, -0.2) is 4.89 Å². The van der Waals surface area contributed by atoms with E-state index in [2.05, 4.69) is 10.2 Å². The predicted molar refractivity (Wildman–Crippen MR) is 116 cm³/mol. The van der Waals surface area contributed by atoms with Crippen LogP contribution in [0.25, 0.3) is 0 Å². The van der Waals surface area contributed by atoms with E-state index < -0.39 is 15.3 Å². The van der Waals surface area contributed by atoms with Gasteiger partial charge in [0.25, 0.3) is 0 Å². The second-order valence-electron chi connectivity index (χ2n) is 5.94. The van der Waals surface area contributed by atoms with E-state index in [4.69, 9.17) is 44.1 Å². The Labute approximate surface area is 185 Å². The maximum Gasteiger partial charge on any atom is 0.355 e. The molecule has 0 bridgehead atoms. The number of aliphatic hydroxyl groups excluding tert-OH is 1. The summed E-state index contributed by atoms with van der Waals surface area (Å²) in [5, 5.41) is 12.4. The molecule has 0 aromatic heterocycles. The molecule has 0 aliphatic heterocycles. The Hall–Kier alpha value is 0.640. The number of nitrogens with one attached hydrogen (secondary N) is 1. The highest BCUT2D eigenvalue weighted by atomic mass is 32.5. The van der Waals surface area contributed by atoms with Crippen molar-refractivity contribution in [1.29, 1.82) is 0 Å². The topological polar surface area (TPSA) is 126 Å². The molecular formula is C16H37NO10P2S. The van der Waals surface area contributed by atoms with Crippen LogP contribution in [0.15, 0.2) is 0 Å². The predicted octanol–water partition coefficient (Wildman–Crippen LogP) is 1.74. The van der Waals surface area contributed by atoms with Gasteiger partial charge in [-0.1, -0.05) is 6.42 Å². The molecule has 0 fully saturated rings. The first-order valence-electron chi connectivity index (χ1n) is 9.69. The van der Waals surface area contributed by atoms with Crippen LogP contribution in [0.4, 0.5) is 0 Å². The van der Waals surface area contributed by atoms with E-state index in [-0.39, 0.29) is 32.3 Å². The molecule has 3 N–H and O–H groups in total. The molecule has 0 spiro atoms. The Morgan fingerprint density at radius 1 is 1.00 bits per heavy atom. The molecule has 14 heteroatoms. The summed E-state index contributed by atoms with van der Waals surface area (Å²) in [6, 6.07) is 0. The van der Waals surface area contributed by atoms with Crippen LogP contribution in [0.1, 0.15) is 19.3 Å². The summed E-state index contributed by atoms with van der Waals surface area (Å²) in [4.78, 5) is 14.2. The Morgan fingerprint density at radius 3 is 2.27 bits per heavy atom. The summed E-state index contributed by atoms with van der Waals surface area (Å²) < 4.78 is 36.1. The summed E-state index contributed by atoms with van der Waals surface area (Å²) >= 11 is 5.02. The van der Waals surface area contributed by atoms with Crippen LogP contribution in [0.5, 0.6) is 0 Å². The Morgan fingerprint density at radius 2 is 1.67 bits per heavy atom. The number of rotatable bonds is 23. The minimum absolute atomic E-state index is 0.00194.